The van der Waals surface area contributed by atoms with Gasteiger partial charge in [0.05, 0.1) is 23.3 Å². The van der Waals surface area contributed by atoms with E-state index in [2.05, 4.69) is 21.1 Å². The van der Waals surface area contributed by atoms with Gasteiger partial charge >= 0.3 is 0 Å². The Morgan fingerprint density at radius 1 is 1.05 bits per heavy atom. The summed E-state index contributed by atoms with van der Waals surface area (Å²) in [6.45, 7) is 4.86. The molecule has 0 N–H and O–H groups in total. The average Bonchev–Trinajstić information content (AvgIpc) is 3.41. The Hall–Kier alpha value is -4.40. The lowest BCUT2D eigenvalue weighted by Gasteiger charge is -2.47. The molecule has 0 spiro atoms. The highest BCUT2D eigenvalue weighted by molar-refractivity contribution is 5.83. The first kappa shape index (κ1) is 25.3. The van der Waals surface area contributed by atoms with Crippen LogP contribution in [-0.2, 0) is 6.54 Å². The molecule has 1 fully saturated rings. The van der Waals surface area contributed by atoms with Crippen LogP contribution in [-0.4, -0.2) is 33.8 Å². The van der Waals surface area contributed by atoms with Crippen molar-refractivity contribution in [2.24, 2.45) is 5.92 Å². The summed E-state index contributed by atoms with van der Waals surface area (Å²) in [7, 11) is 0. The number of aromatic nitrogens is 2. The Morgan fingerprint density at radius 3 is 2.42 bits per heavy atom. The van der Waals surface area contributed by atoms with E-state index < -0.39 is 17.4 Å². The van der Waals surface area contributed by atoms with Crippen LogP contribution in [0.4, 0.5) is 8.78 Å². The van der Waals surface area contributed by atoms with Gasteiger partial charge in [-0.25, -0.2) is 8.78 Å². The second-order valence-corrected chi connectivity index (χ2v) is 10.2. The molecule has 0 amide bonds. The predicted molar refractivity (Wildman–Crippen MR) is 138 cm³/mol. The summed E-state index contributed by atoms with van der Waals surface area (Å²) < 4.78 is 34.6. The number of halogens is 2. The molecule has 1 aromatic heterocycles. The maximum absolute atomic E-state index is 15.4. The monoisotopic (exact) mass is 509 g/mol. The first-order valence-corrected chi connectivity index (χ1v) is 12.3. The van der Waals surface area contributed by atoms with E-state index in [0.717, 1.165) is 22.3 Å². The van der Waals surface area contributed by atoms with E-state index in [1.54, 1.807) is 18.2 Å². The van der Waals surface area contributed by atoms with Gasteiger partial charge in [0.2, 0.25) is 12.2 Å². The van der Waals surface area contributed by atoms with Crippen LogP contribution in [0.2, 0.25) is 0 Å². The lowest BCUT2D eigenvalue weighted by atomic mass is 9.72. The van der Waals surface area contributed by atoms with Crippen LogP contribution in [0.3, 0.4) is 0 Å². The SMILES string of the molecule is CC(C)(F)[C@H](c1cc(F)cc(C#N)c1)C1CN(Cc2cccc(-c3ncon3)c2-c2ccc(C#N)cc2)C1. The lowest BCUT2D eigenvalue weighted by Crippen LogP contribution is -2.52. The molecule has 1 saturated heterocycles. The molecule has 1 aliphatic rings. The highest BCUT2D eigenvalue weighted by Gasteiger charge is 2.43. The van der Waals surface area contributed by atoms with Gasteiger partial charge in [0, 0.05) is 31.1 Å². The number of nitriles is 2. The van der Waals surface area contributed by atoms with Crippen molar-refractivity contribution >= 4 is 0 Å². The standard InChI is InChI=1S/C30H25F2N5O/c1-30(2,32)28(23-10-20(14-34)11-25(31)12-23)24-16-37(17-24)15-22-4-3-5-26(29-35-18-38-36-29)27(22)21-8-6-19(13-33)7-9-21/h3-12,18,24,28H,15-17H2,1-2H3/t28-/m1/s1. The van der Waals surface area contributed by atoms with Crippen molar-refractivity contribution in [1.82, 2.24) is 15.0 Å². The summed E-state index contributed by atoms with van der Waals surface area (Å²) in [5, 5.41) is 22.5. The van der Waals surface area contributed by atoms with E-state index >= 15 is 4.39 Å². The van der Waals surface area contributed by atoms with Gasteiger partial charge in [-0.3, -0.25) is 4.90 Å². The summed E-state index contributed by atoms with van der Waals surface area (Å²) >= 11 is 0. The van der Waals surface area contributed by atoms with E-state index in [1.165, 1.54) is 32.4 Å². The highest BCUT2D eigenvalue weighted by atomic mass is 19.1. The van der Waals surface area contributed by atoms with Crippen LogP contribution < -0.4 is 0 Å². The lowest BCUT2D eigenvalue weighted by molar-refractivity contribution is 0.0213. The minimum atomic E-state index is -1.59. The van der Waals surface area contributed by atoms with Crippen LogP contribution >= 0.6 is 0 Å². The molecule has 0 aliphatic carbocycles. The van der Waals surface area contributed by atoms with Gasteiger partial charge in [0.25, 0.3) is 0 Å². The number of nitrogens with zero attached hydrogens (tertiary/aromatic N) is 5. The number of rotatable bonds is 7. The molecule has 0 saturated carbocycles. The van der Waals surface area contributed by atoms with E-state index in [0.29, 0.717) is 36.6 Å². The molecule has 5 rings (SSSR count). The van der Waals surface area contributed by atoms with Crippen molar-refractivity contribution in [2.45, 2.75) is 32.0 Å². The largest absolute Gasteiger partial charge is 0.342 e. The van der Waals surface area contributed by atoms with Gasteiger partial charge in [-0.2, -0.15) is 15.5 Å². The quantitative estimate of drug-likeness (QED) is 0.293. The third kappa shape index (κ3) is 5.04. The van der Waals surface area contributed by atoms with Gasteiger partial charge in [0.15, 0.2) is 0 Å². The second-order valence-electron chi connectivity index (χ2n) is 10.2. The maximum Gasteiger partial charge on any atom is 0.214 e. The number of hydrogen-bond acceptors (Lipinski definition) is 6. The number of benzene rings is 3. The van der Waals surface area contributed by atoms with E-state index in [1.807, 2.05) is 36.4 Å². The van der Waals surface area contributed by atoms with Crippen molar-refractivity contribution in [3.8, 4) is 34.7 Å². The molecule has 8 heteroatoms. The smallest absolute Gasteiger partial charge is 0.214 e. The molecule has 190 valence electrons. The third-order valence-corrected chi connectivity index (χ3v) is 7.05. The van der Waals surface area contributed by atoms with Crippen LogP contribution in [0.15, 0.2) is 71.6 Å². The molecule has 4 aromatic rings. The fraction of sp³-hybridized carbons (Fsp3) is 0.267. The summed E-state index contributed by atoms with van der Waals surface area (Å²) in [5.74, 6) is -0.659. The fourth-order valence-corrected chi connectivity index (χ4v) is 5.54. The summed E-state index contributed by atoms with van der Waals surface area (Å²) in [5.41, 5.74) is 3.37. The summed E-state index contributed by atoms with van der Waals surface area (Å²) in [6.07, 6.45) is 1.29. The zero-order chi connectivity index (χ0) is 26.9. The molecule has 6 nitrogen and oxygen atoms in total. The molecular formula is C30H25F2N5O. The van der Waals surface area contributed by atoms with Crippen LogP contribution in [0.1, 0.15) is 42.0 Å². The highest BCUT2D eigenvalue weighted by Crippen LogP contribution is 2.43. The Labute approximate surface area is 219 Å². The second kappa shape index (κ2) is 10.2. The molecule has 1 atom stereocenters. The topological polar surface area (TPSA) is 89.7 Å². The Kier molecular flexibility index (Phi) is 6.75. The number of alkyl halides is 1. The molecule has 0 radical (unpaired) electrons. The predicted octanol–water partition coefficient (Wildman–Crippen LogP) is 6.25. The average molecular weight is 510 g/mol. The van der Waals surface area contributed by atoms with Crippen LogP contribution in [0.5, 0.6) is 0 Å². The van der Waals surface area contributed by atoms with Crippen LogP contribution in [0.25, 0.3) is 22.5 Å². The van der Waals surface area contributed by atoms with Gasteiger partial charge in [-0.15, -0.1) is 0 Å². The minimum Gasteiger partial charge on any atom is -0.342 e. The molecule has 38 heavy (non-hydrogen) atoms. The van der Waals surface area contributed by atoms with Crippen LogP contribution in [0, 0.1) is 34.4 Å². The summed E-state index contributed by atoms with van der Waals surface area (Å²) in [6, 6.07) is 21.5. The fourth-order valence-electron chi connectivity index (χ4n) is 5.54. The van der Waals surface area contributed by atoms with Crippen molar-refractivity contribution in [3.63, 3.8) is 0 Å². The summed E-state index contributed by atoms with van der Waals surface area (Å²) in [4.78, 5) is 6.46. The van der Waals surface area contributed by atoms with Crippen molar-refractivity contribution in [3.05, 3.63) is 95.1 Å². The van der Waals surface area contributed by atoms with E-state index in [4.69, 9.17) is 4.52 Å². The third-order valence-electron chi connectivity index (χ3n) is 7.05. The van der Waals surface area contributed by atoms with Crippen molar-refractivity contribution < 1.29 is 13.3 Å². The molecule has 1 aliphatic heterocycles. The van der Waals surface area contributed by atoms with Crippen molar-refractivity contribution in [1.29, 1.82) is 10.5 Å². The number of likely N-dealkylation sites (tertiary alicyclic amines) is 1. The molecular weight excluding hydrogens is 484 g/mol. The zero-order valence-electron chi connectivity index (χ0n) is 21.0. The van der Waals surface area contributed by atoms with E-state index in [9.17, 15) is 14.9 Å². The minimum absolute atomic E-state index is 0.0397. The molecule has 0 bridgehead atoms. The molecule has 2 heterocycles. The first-order chi connectivity index (χ1) is 18.3. The Bertz CT molecular complexity index is 1520. The van der Waals surface area contributed by atoms with Gasteiger partial charge in [0.1, 0.15) is 11.5 Å². The van der Waals surface area contributed by atoms with Gasteiger partial charge in [-0.05, 0) is 72.4 Å². The van der Waals surface area contributed by atoms with E-state index in [-0.39, 0.29) is 11.5 Å². The van der Waals surface area contributed by atoms with Gasteiger partial charge in [-0.1, -0.05) is 35.5 Å². The Balaban J connectivity index is 1.43. The number of hydrogen-bond donors (Lipinski definition) is 0. The first-order valence-electron chi connectivity index (χ1n) is 12.3. The van der Waals surface area contributed by atoms with Crippen molar-refractivity contribution in [2.75, 3.05) is 13.1 Å². The molecule has 0 unspecified atom stereocenters. The Morgan fingerprint density at radius 2 is 1.79 bits per heavy atom. The molecule has 3 aromatic carbocycles. The zero-order valence-corrected chi connectivity index (χ0v) is 21.0. The maximum atomic E-state index is 15.4. The van der Waals surface area contributed by atoms with Gasteiger partial charge < -0.3 is 4.52 Å². The normalized spacial score (nSPS) is 14.9.